The standard InChI is InChI=1S/C19H20Cl2N2O2/c1-3-12-5-7-16(14(20)9-12)22-18(24)11-19(25)23-17-8-6-13(4-2)10-15(17)21/h5-10H,3-4,11H2,1-2H3,(H,22,24)(H,23,25). The number of hydrogen-bond acceptors (Lipinski definition) is 2. The Bertz CT molecular complexity index is 725. The van der Waals surface area contributed by atoms with Gasteiger partial charge in [-0.25, -0.2) is 0 Å². The highest BCUT2D eigenvalue weighted by atomic mass is 35.5. The molecule has 2 amide bonds. The quantitative estimate of drug-likeness (QED) is 0.688. The molecule has 0 heterocycles. The molecule has 0 radical (unpaired) electrons. The van der Waals surface area contributed by atoms with Crippen molar-refractivity contribution in [1.82, 2.24) is 0 Å². The molecular weight excluding hydrogens is 359 g/mol. The summed E-state index contributed by atoms with van der Waals surface area (Å²) in [7, 11) is 0. The van der Waals surface area contributed by atoms with Crippen molar-refractivity contribution in [2.45, 2.75) is 33.1 Å². The van der Waals surface area contributed by atoms with E-state index in [0.29, 0.717) is 21.4 Å². The minimum Gasteiger partial charge on any atom is -0.324 e. The van der Waals surface area contributed by atoms with Gasteiger partial charge in [-0.05, 0) is 48.2 Å². The molecular formula is C19H20Cl2N2O2. The third-order valence-corrected chi connectivity index (χ3v) is 4.38. The number of carbonyl (C=O) groups is 2. The highest BCUT2D eigenvalue weighted by Crippen LogP contribution is 2.25. The van der Waals surface area contributed by atoms with Crippen molar-refractivity contribution >= 4 is 46.4 Å². The van der Waals surface area contributed by atoms with E-state index in [1.165, 1.54) is 0 Å². The third-order valence-electron chi connectivity index (χ3n) is 3.75. The van der Waals surface area contributed by atoms with Crippen molar-refractivity contribution in [1.29, 1.82) is 0 Å². The number of aryl methyl sites for hydroxylation is 2. The minimum absolute atomic E-state index is 0.322. The maximum atomic E-state index is 12.0. The summed E-state index contributed by atoms with van der Waals surface area (Å²) in [6, 6.07) is 10.8. The first-order valence-corrected chi connectivity index (χ1v) is 8.85. The van der Waals surface area contributed by atoms with E-state index in [0.717, 1.165) is 24.0 Å². The van der Waals surface area contributed by atoms with Crippen molar-refractivity contribution in [2.75, 3.05) is 10.6 Å². The zero-order valence-electron chi connectivity index (χ0n) is 14.2. The van der Waals surface area contributed by atoms with E-state index in [4.69, 9.17) is 23.2 Å². The molecule has 4 nitrogen and oxygen atoms in total. The predicted octanol–water partition coefficient (Wildman–Crippen LogP) is 5.09. The van der Waals surface area contributed by atoms with E-state index in [1.807, 2.05) is 26.0 Å². The topological polar surface area (TPSA) is 58.2 Å². The molecule has 25 heavy (non-hydrogen) atoms. The normalized spacial score (nSPS) is 10.4. The van der Waals surface area contributed by atoms with E-state index in [9.17, 15) is 9.59 Å². The number of halogens is 2. The summed E-state index contributed by atoms with van der Waals surface area (Å²) in [6.07, 6.45) is 1.39. The van der Waals surface area contributed by atoms with E-state index in [2.05, 4.69) is 10.6 Å². The summed E-state index contributed by atoms with van der Waals surface area (Å²) in [5, 5.41) is 6.19. The number of carbonyl (C=O) groups excluding carboxylic acids is 2. The van der Waals surface area contributed by atoms with Crippen molar-refractivity contribution in [3.8, 4) is 0 Å². The molecule has 0 atom stereocenters. The monoisotopic (exact) mass is 378 g/mol. The van der Waals surface area contributed by atoms with Gasteiger partial charge in [0.2, 0.25) is 11.8 Å². The number of benzene rings is 2. The fourth-order valence-electron chi connectivity index (χ4n) is 2.29. The Kier molecular flexibility index (Phi) is 6.85. The van der Waals surface area contributed by atoms with Gasteiger partial charge in [-0.1, -0.05) is 49.2 Å². The molecule has 0 fully saturated rings. The van der Waals surface area contributed by atoms with Gasteiger partial charge in [-0.15, -0.1) is 0 Å². The molecule has 2 N–H and O–H groups in total. The molecule has 2 rings (SSSR count). The Hall–Kier alpha value is -2.04. The SMILES string of the molecule is CCc1ccc(NC(=O)CC(=O)Nc2ccc(CC)cc2Cl)c(Cl)c1. The second-order valence-electron chi connectivity index (χ2n) is 5.61. The summed E-state index contributed by atoms with van der Waals surface area (Å²) in [6.45, 7) is 4.04. The van der Waals surface area contributed by atoms with Gasteiger partial charge in [0.15, 0.2) is 0 Å². The van der Waals surface area contributed by atoms with Crippen molar-refractivity contribution < 1.29 is 9.59 Å². The molecule has 2 aromatic carbocycles. The third kappa shape index (κ3) is 5.48. The lowest BCUT2D eigenvalue weighted by molar-refractivity contribution is -0.123. The van der Waals surface area contributed by atoms with E-state index in [1.54, 1.807) is 24.3 Å². The second-order valence-corrected chi connectivity index (χ2v) is 6.42. The zero-order chi connectivity index (χ0) is 18.4. The van der Waals surface area contributed by atoms with Crippen LogP contribution in [0.15, 0.2) is 36.4 Å². The van der Waals surface area contributed by atoms with Crippen LogP contribution in [0.1, 0.15) is 31.4 Å². The molecule has 0 unspecified atom stereocenters. The van der Waals surface area contributed by atoms with Crippen LogP contribution in [-0.4, -0.2) is 11.8 Å². The van der Waals surface area contributed by atoms with E-state index < -0.39 is 11.8 Å². The van der Waals surface area contributed by atoms with Crippen LogP contribution < -0.4 is 10.6 Å². The molecule has 6 heteroatoms. The van der Waals surface area contributed by atoms with Crippen molar-refractivity contribution in [3.05, 3.63) is 57.6 Å². The predicted molar refractivity (Wildman–Crippen MR) is 104 cm³/mol. The van der Waals surface area contributed by atoms with Gasteiger partial charge >= 0.3 is 0 Å². The molecule has 0 saturated heterocycles. The Morgan fingerprint density at radius 1 is 0.800 bits per heavy atom. The molecule has 0 aromatic heterocycles. The molecule has 0 spiro atoms. The average molecular weight is 379 g/mol. The van der Waals surface area contributed by atoms with Gasteiger partial charge in [0.25, 0.3) is 0 Å². The molecule has 132 valence electrons. The summed E-state index contributed by atoms with van der Waals surface area (Å²) >= 11 is 12.3. The molecule has 0 aliphatic carbocycles. The van der Waals surface area contributed by atoms with Gasteiger partial charge in [0.05, 0.1) is 21.4 Å². The number of hydrogen-bond donors (Lipinski definition) is 2. The van der Waals surface area contributed by atoms with Gasteiger partial charge < -0.3 is 10.6 Å². The Morgan fingerprint density at radius 3 is 1.52 bits per heavy atom. The first kappa shape index (κ1) is 19.3. The molecule has 0 aliphatic heterocycles. The maximum Gasteiger partial charge on any atom is 0.233 e. The Morgan fingerprint density at radius 2 is 1.20 bits per heavy atom. The van der Waals surface area contributed by atoms with Crippen LogP contribution in [0.25, 0.3) is 0 Å². The Balaban J connectivity index is 1.95. The van der Waals surface area contributed by atoms with E-state index in [-0.39, 0.29) is 6.42 Å². The van der Waals surface area contributed by atoms with Crippen LogP contribution in [0, 0.1) is 0 Å². The van der Waals surface area contributed by atoms with Crippen molar-refractivity contribution in [2.24, 2.45) is 0 Å². The van der Waals surface area contributed by atoms with Gasteiger partial charge in [-0.3, -0.25) is 9.59 Å². The smallest absolute Gasteiger partial charge is 0.233 e. The summed E-state index contributed by atoms with van der Waals surface area (Å²) in [4.78, 5) is 24.1. The number of nitrogens with one attached hydrogen (secondary N) is 2. The molecule has 0 saturated carbocycles. The van der Waals surface area contributed by atoms with Gasteiger partial charge in [0, 0.05) is 0 Å². The number of rotatable bonds is 6. The fraction of sp³-hybridized carbons (Fsp3) is 0.263. The second kappa shape index (κ2) is 8.88. The highest BCUT2D eigenvalue weighted by Gasteiger charge is 2.13. The fourth-order valence-corrected chi connectivity index (χ4v) is 2.80. The lowest BCUT2D eigenvalue weighted by Crippen LogP contribution is -2.21. The first-order chi connectivity index (χ1) is 11.9. The Labute approximate surface area is 157 Å². The lowest BCUT2D eigenvalue weighted by Gasteiger charge is -2.10. The number of anilines is 2. The summed E-state index contributed by atoms with van der Waals surface area (Å²) in [5.74, 6) is -0.880. The first-order valence-electron chi connectivity index (χ1n) is 8.09. The highest BCUT2D eigenvalue weighted by molar-refractivity contribution is 6.34. The van der Waals surface area contributed by atoms with Crippen LogP contribution in [0.4, 0.5) is 11.4 Å². The summed E-state index contributed by atoms with van der Waals surface area (Å²) in [5.41, 5.74) is 3.13. The lowest BCUT2D eigenvalue weighted by atomic mass is 10.1. The van der Waals surface area contributed by atoms with Crippen LogP contribution in [0.3, 0.4) is 0 Å². The molecule has 0 bridgehead atoms. The van der Waals surface area contributed by atoms with Crippen LogP contribution >= 0.6 is 23.2 Å². The van der Waals surface area contributed by atoms with Crippen LogP contribution in [-0.2, 0) is 22.4 Å². The summed E-state index contributed by atoms with van der Waals surface area (Å²) < 4.78 is 0. The van der Waals surface area contributed by atoms with Gasteiger partial charge in [0.1, 0.15) is 6.42 Å². The van der Waals surface area contributed by atoms with Crippen molar-refractivity contribution in [3.63, 3.8) is 0 Å². The molecule has 0 aliphatic rings. The largest absolute Gasteiger partial charge is 0.324 e. The van der Waals surface area contributed by atoms with Crippen LogP contribution in [0.5, 0.6) is 0 Å². The zero-order valence-corrected chi connectivity index (χ0v) is 15.7. The molecule has 2 aromatic rings. The van der Waals surface area contributed by atoms with E-state index >= 15 is 0 Å². The minimum atomic E-state index is -0.440. The average Bonchev–Trinajstić information content (AvgIpc) is 2.58. The van der Waals surface area contributed by atoms with Gasteiger partial charge in [-0.2, -0.15) is 0 Å². The maximum absolute atomic E-state index is 12.0. The van der Waals surface area contributed by atoms with Crippen LogP contribution in [0.2, 0.25) is 10.0 Å². The number of amides is 2.